The molecular weight excluding hydrogens is 192 g/mol. The smallest absolute Gasteiger partial charge is 0.225 e. The Bertz CT molecular complexity index is 367. The van der Waals surface area contributed by atoms with Gasteiger partial charge in [-0.2, -0.15) is 5.10 Å². The highest BCUT2D eigenvalue weighted by molar-refractivity contribution is 5.79. The van der Waals surface area contributed by atoms with Crippen LogP contribution in [-0.4, -0.2) is 28.8 Å². The van der Waals surface area contributed by atoms with Crippen molar-refractivity contribution in [3.63, 3.8) is 0 Å². The number of hydrogen-bond donors (Lipinski definition) is 2. The molecule has 0 aliphatic carbocycles. The topological polar surface area (TPSA) is 59.0 Å². The molecule has 0 aromatic carbocycles. The fourth-order valence-corrected chi connectivity index (χ4v) is 1.62. The predicted molar refractivity (Wildman–Crippen MR) is 56.2 cm³/mol. The van der Waals surface area contributed by atoms with Crippen molar-refractivity contribution in [3.05, 3.63) is 17.5 Å². The molecule has 0 bridgehead atoms. The maximum atomic E-state index is 11.5. The summed E-state index contributed by atoms with van der Waals surface area (Å²) in [5.74, 6) is 0.291. The van der Waals surface area contributed by atoms with Gasteiger partial charge in [0.1, 0.15) is 0 Å². The van der Waals surface area contributed by atoms with Gasteiger partial charge in [0.2, 0.25) is 5.91 Å². The Hall–Kier alpha value is -1.36. The van der Waals surface area contributed by atoms with Crippen molar-refractivity contribution in [2.45, 2.75) is 13.5 Å². The summed E-state index contributed by atoms with van der Waals surface area (Å²) in [6.45, 7) is 4.14. The summed E-state index contributed by atoms with van der Waals surface area (Å²) < 4.78 is 1.77. The van der Waals surface area contributed by atoms with E-state index >= 15 is 0 Å². The average molecular weight is 208 g/mol. The van der Waals surface area contributed by atoms with Crippen LogP contribution in [0.5, 0.6) is 0 Å². The number of nitrogens with zero attached hydrogens (tertiary/aromatic N) is 2. The summed E-state index contributed by atoms with van der Waals surface area (Å²) >= 11 is 0. The summed E-state index contributed by atoms with van der Waals surface area (Å²) in [5.41, 5.74) is 2.06. The molecule has 0 spiro atoms. The number of aromatic nitrogens is 2. The lowest BCUT2D eigenvalue weighted by Crippen LogP contribution is -2.50. The lowest BCUT2D eigenvalue weighted by atomic mass is 10.0. The third-order valence-electron chi connectivity index (χ3n) is 2.72. The summed E-state index contributed by atoms with van der Waals surface area (Å²) in [6, 6.07) is 0. The molecule has 2 rings (SSSR count). The van der Waals surface area contributed by atoms with Gasteiger partial charge in [0.15, 0.2) is 0 Å². The molecular formula is C10H16N4O. The third kappa shape index (κ3) is 2.18. The average Bonchev–Trinajstić information content (AvgIpc) is 2.38. The van der Waals surface area contributed by atoms with Crippen LogP contribution >= 0.6 is 0 Å². The van der Waals surface area contributed by atoms with E-state index < -0.39 is 0 Å². The molecule has 1 saturated heterocycles. The monoisotopic (exact) mass is 208 g/mol. The van der Waals surface area contributed by atoms with Gasteiger partial charge in [-0.15, -0.1) is 0 Å². The molecule has 5 nitrogen and oxygen atoms in total. The molecule has 0 radical (unpaired) electrons. The second-order valence-electron chi connectivity index (χ2n) is 3.99. The Labute approximate surface area is 88.8 Å². The molecule has 82 valence electrons. The third-order valence-corrected chi connectivity index (χ3v) is 2.72. The predicted octanol–water partition coefficient (Wildman–Crippen LogP) is -0.436. The minimum Gasteiger partial charge on any atom is -0.352 e. The van der Waals surface area contributed by atoms with Gasteiger partial charge in [-0.3, -0.25) is 9.48 Å². The van der Waals surface area contributed by atoms with Crippen molar-refractivity contribution in [2.24, 2.45) is 13.0 Å². The fourth-order valence-electron chi connectivity index (χ4n) is 1.62. The number of rotatable bonds is 3. The van der Waals surface area contributed by atoms with Crippen LogP contribution < -0.4 is 10.6 Å². The number of amides is 1. The molecule has 2 heterocycles. The van der Waals surface area contributed by atoms with E-state index in [1.807, 2.05) is 20.2 Å². The first-order chi connectivity index (χ1) is 7.16. The summed E-state index contributed by atoms with van der Waals surface area (Å²) in [5, 5.41) is 10.2. The summed E-state index contributed by atoms with van der Waals surface area (Å²) in [4.78, 5) is 11.5. The maximum Gasteiger partial charge on any atom is 0.225 e. The molecule has 1 fully saturated rings. The number of nitrogens with one attached hydrogen (secondary N) is 2. The minimum atomic E-state index is 0.136. The molecule has 1 aliphatic rings. The standard InChI is InChI=1S/C10H16N4O/c1-7-9(6-14(2)13-7)5-12-10(15)8-3-11-4-8/h6,8,11H,3-5H2,1-2H3,(H,12,15). The van der Waals surface area contributed by atoms with Gasteiger partial charge in [0.25, 0.3) is 0 Å². The molecule has 0 atom stereocenters. The van der Waals surface area contributed by atoms with Crippen LogP contribution in [-0.2, 0) is 18.4 Å². The van der Waals surface area contributed by atoms with E-state index in [0.717, 1.165) is 24.3 Å². The van der Waals surface area contributed by atoms with Crippen molar-refractivity contribution >= 4 is 5.91 Å². The van der Waals surface area contributed by atoms with E-state index in [-0.39, 0.29) is 11.8 Å². The molecule has 15 heavy (non-hydrogen) atoms. The number of carbonyl (C=O) groups is 1. The molecule has 2 N–H and O–H groups in total. The van der Waals surface area contributed by atoms with Crippen molar-refractivity contribution in [3.8, 4) is 0 Å². The van der Waals surface area contributed by atoms with E-state index in [9.17, 15) is 4.79 Å². The van der Waals surface area contributed by atoms with Crippen LogP contribution in [0.15, 0.2) is 6.20 Å². The maximum absolute atomic E-state index is 11.5. The molecule has 1 aliphatic heterocycles. The van der Waals surface area contributed by atoms with Gasteiger partial charge in [-0.05, 0) is 6.92 Å². The Morgan fingerprint density at radius 1 is 1.73 bits per heavy atom. The van der Waals surface area contributed by atoms with Gasteiger partial charge in [0, 0.05) is 38.4 Å². The van der Waals surface area contributed by atoms with Crippen molar-refractivity contribution in [2.75, 3.05) is 13.1 Å². The van der Waals surface area contributed by atoms with Gasteiger partial charge in [0.05, 0.1) is 11.6 Å². The van der Waals surface area contributed by atoms with Gasteiger partial charge >= 0.3 is 0 Å². The molecule has 0 unspecified atom stereocenters. The molecule has 1 aromatic heterocycles. The molecule has 5 heteroatoms. The lowest BCUT2D eigenvalue weighted by molar-refractivity contribution is -0.126. The fraction of sp³-hybridized carbons (Fsp3) is 0.600. The first-order valence-electron chi connectivity index (χ1n) is 5.14. The minimum absolute atomic E-state index is 0.136. The van der Waals surface area contributed by atoms with E-state index in [2.05, 4.69) is 15.7 Å². The van der Waals surface area contributed by atoms with Crippen LogP contribution in [0.4, 0.5) is 0 Å². The van der Waals surface area contributed by atoms with Crippen molar-refractivity contribution < 1.29 is 4.79 Å². The molecule has 1 aromatic rings. The Kier molecular flexibility index (Phi) is 2.73. The SMILES string of the molecule is Cc1nn(C)cc1CNC(=O)C1CNC1. The zero-order valence-electron chi connectivity index (χ0n) is 9.08. The molecule has 1 amide bonds. The van der Waals surface area contributed by atoms with E-state index in [1.54, 1.807) is 4.68 Å². The van der Waals surface area contributed by atoms with E-state index in [1.165, 1.54) is 0 Å². The van der Waals surface area contributed by atoms with E-state index in [0.29, 0.717) is 6.54 Å². The number of aryl methyl sites for hydroxylation is 2. The van der Waals surface area contributed by atoms with Crippen LogP contribution in [0.25, 0.3) is 0 Å². The Morgan fingerprint density at radius 2 is 2.47 bits per heavy atom. The van der Waals surface area contributed by atoms with Crippen LogP contribution in [0, 0.1) is 12.8 Å². The van der Waals surface area contributed by atoms with Crippen molar-refractivity contribution in [1.82, 2.24) is 20.4 Å². The largest absolute Gasteiger partial charge is 0.352 e. The Balaban J connectivity index is 1.87. The summed E-state index contributed by atoms with van der Waals surface area (Å²) in [6.07, 6.45) is 1.94. The summed E-state index contributed by atoms with van der Waals surface area (Å²) in [7, 11) is 1.88. The number of carbonyl (C=O) groups excluding carboxylic acids is 1. The highest BCUT2D eigenvalue weighted by Crippen LogP contribution is 2.06. The second-order valence-corrected chi connectivity index (χ2v) is 3.99. The molecule has 0 saturated carbocycles. The zero-order valence-corrected chi connectivity index (χ0v) is 9.08. The van der Waals surface area contributed by atoms with Crippen molar-refractivity contribution in [1.29, 1.82) is 0 Å². The lowest BCUT2D eigenvalue weighted by Gasteiger charge is -2.25. The van der Waals surface area contributed by atoms with Crippen LogP contribution in [0.3, 0.4) is 0 Å². The van der Waals surface area contributed by atoms with Gasteiger partial charge < -0.3 is 10.6 Å². The highest BCUT2D eigenvalue weighted by Gasteiger charge is 2.24. The normalized spacial score (nSPS) is 16.1. The first kappa shape index (κ1) is 10.2. The second kappa shape index (κ2) is 4.02. The number of hydrogen-bond acceptors (Lipinski definition) is 3. The quantitative estimate of drug-likeness (QED) is 0.708. The highest BCUT2D eigenvalue weighted by atomic mass is 16.2. The van der Waals surface area contributed by atoms with E-state index in [4.69, 9.17) is 0 Å². The van der Waals surface area contributed by atoms with Gasteiger partial charge in [-0.1, -0.05) is 0 Å². The van der Waals surface area contributed by atoms with Gasteiger partial charge in [-0.25, -0.2) is 0 Å². The first-order valence-corrected chi connectivity index (χ1v) is 5.14. The Morgan fingerprint density at radius 3 is 2.93 bits per heavy atom. The van der Waals surface area contributed by atoms with Crippen LogP contribution in [0.2, 0.25) is 0 Å². The van der Waals surface area contributed by atoms with Crippen LogP contribution in [0.1, 0.15) is 11.3 Å². The zero-order chi connectivity index (χ0) is 10.8.